The molecule has 3 N–H and O–H groups in total. The molecule has 9 heteroatoms. The number of H-pyrrole nitrogens is 2. The zero-order valence-corrected chi connectivity index (χ0v) is 14.9. The molecule has 0 bridgehead atoms. The normalized spacial score (nSPS) is 11.5. The van der Waals surface area contributed by atoms with E-state index in [-0.39, 0.29) is 28.5 Å². The lowest BCUT2D eigenvalue weighted by atomic mass is 10.0. The number of rotatable bonds is 4. The Kier molecular flexibility index (Phi) is 4.32. The van der Waals surface area contributed by atoms with Gasteiger partial charge in [-0.2, -0.15) is 0 Å². The highest BCUT2D eigenvalue weighted by molar-refractivity contribution is 5.96. The Balaban J connectivity index is 1.97. The van der Waals surface area contributed by atoms with E-state index in [1.165, 1.54) is 23.2 Å². The second-order valence-corrected chi connectivity index (χ2v) is 5.96. The summed E-state index contributed by atoms with van der Waals surface area (Å²) in [5.74, 6) is -0.0334. The fraction of sp³-hybridized carbons (Fsp3) is 0.105. The highest BCUT2D eigenvalue weighted by Crippen LogP contribution is 2.32. The van der Waals surface area contributed by atoms with Crippen molar-refractivity contribution in [2.24, 2.45) is 4.99 Å². The molecule has 3 aromatic heterocycles. The van der Waals surface area contributed by atoms with Crippen LogP contribution in [0.2, 0.25) is 0 Å². The third kappa shape index (κ3) is 2.78. The van der Waals surface area contributed by atoms with Crippen LogP contribution in [0, 0.1) is 0 Å². The molecule has 0 unspecified atom stereocenters. The zero-order valence-electron chi connectivity index (χ0n) is 14.9. The molecule has 0 aliphatic rings. The first-order valence-electron chi connectivity index (χ1n) is 8.58. The number of aryl methyl sites for hydroxylation is 1. The van der Waals surface area contributed by atoms with Gasteiger partial charge in [-0.3, -0.25) is 19.8 Å². The van der Waals surface area contributed by atoms with Gasteiger partial charge in [0.25, 0.3) is 11.1 Å². The molecule has 140 valence electrons. The quantitative estimate of drug-likeness (QED) is 0.469. The van der Waals surface area contributed by atoms with E-state index in [4.69, 9.17) is 0 Å². The molecule has 4 rings (SSSR count). The summed E-state index contributed by atoms with van der Waals surface area (Å²) in [6.45, 7) is 2.24. The van der Waals surface area contributed by atoms with Crippen LogP contribution in [0.4, 0.5) is 5.95 Å². The lowest BCUT2D eigenvalue weighted by Gasteiger charge is -2.13. The molecule has 0 amide bonds. The number of aliphatic imine (C=N–C) groups is 1. The van der Waals surface area contributed by atoms with Crippen LogP contribution in [0.1, 0.15) is 12.5 Å². The molecular formula is C19H16N6O3. The highest BCUT2D eigenvalue weighted by atomic mass is 16.3. The lowest BCUT2D eigenvalue weighted by Crippen LogP contribution is -2.22. The Morgan fingerprint density at radius 3 is 2.64 bits per heavy atom. The van der Waals surface area contributed by atoms with Crippen LogP contribution < -0.4 is 11.1 Å². The number of hydrogen-bond acceptors (Lipinski definition) is 6. The van der Waals surface area contributed by atoms with Gasteiger partial charge < -0.3 is 9.67 Å². The van der Waals surface area contributed by atoms with Gasteiger partial charge in [0.1, 0.15) is 11.3 Å². The molecule has 4 aromatic rings. The molecule has 0 spiro atoms. The number of fused-ring (bicyclic) bond motifs is 1. The smallest absolute Gasteiger partial charge is 0.273 e. The van der Waals surface area contributed by atoms with Crippen molar-refractivity contribution in [2.75, 3.05) is 0 Å². The van der Waals surface area contributed by atoms with E-state index in [0.717, 1.165) is 0 Å². The van der Waals surface area contributed by atoms with E-state index in [1.54, 1.807) is 30.3 Å². The van der Waals surface area contributed by atoms with Crippen LogP contribution in [0.25, 0.3) is 22.2 Å². The first-order chi connectivity index (χ1) is 13.6. The predicted molar refractivity (Wildman–Crippen MR) is 105 cm³/mol. The SMILES string of the molecule is CCn1c(=O)c(-c2[nH][nH]c(=O)c2/C=N/c2ncccn2)c(O)c2ccccc21. The van der Waals surface area contributed by atoms with Gasteiger partial charge in [-0.05, 0) is 25.1 Å². The summed E-state index contributed by atoms with van der Waals surface area (Å²) < 4.78 is 1.54. The Bertz CT molecular complexity index is 1300. The van der Waals surface area contributed by atoms with Gasteiger partial charge in [-0.1, -0.05) is 12.1 Å². The summed E-state index contributed by atoms with van der Waals surface area (Å²) in [5.41, 5.74) is -0.0430. The van der Waals surface area contributed by atoms with E-state index >= 15 is 0 Å². The van der Waals surface area contributed by atoms with Crippen molar-refractivity contribution in [3.8, 4) is 17.0 Å². The molecule has 0 aliphatic carbocycles. The summed E-state index contributed by atoms with van der Waals surface area (Å²) in [5, 5.41) is 16.4. The van der Waals surface area contributed by atoms with Crippen LogP contribution in [0.5, 0.6) is 5.75 Å². The van der Waals surface area contributed by atoms with Crippen LogP contribution in [0.15, 0.2) is 57.3 Å². The van der Waals surface area contributed by atoms with Gasteiger partial charge in [0.05, 0.1) is 16.8 Å². The Morgan fingerprint density at radius 1 is 1.14 bits per heavy atom. The predicted octanol–water partition coefficient (Wildman–Crippen LogP) is 1.95. The molecular weight excluding hydrogens is 360 g/mol. The second kappa shape index (κ2) is 6.95. The summed E-state index contributed by atoms with van der Waals surface area (Å²) in [6, 6.07) is 8.69. The van der Waals surface area contributed by atoms with E-state index in [9.17, 15) is 14.7 Å². The molecule has 0 atom stereocenters. The minimum Gasteiger partial charge on any atom is -0.506 e. The van der Waals surface area contributed by atoms with Crippen molar-refractivity contribution >= 4 is 23.1 Å². The molecule has 3 heterocycles. The number of aromatic hydroxyl groups is 1. The number of nitrogens with zero attached hydrogens (tertiary/aromatic N) is 4. The van der Waals surface area contributed by atoms with Gasteiger partial charge in [0, 0.05) is 30.5 Å². The number of benzene rings is 1. The first kappa shape index (κ1) is 17.4. The van der Waals surface area contributed by atoms with Crippen molar-refractivity contribution in [1.29, 1.82) is 0 Å². The number of pyridine rings is 1. The van der Waals surface area contributed by atoms with Crippen LogP contribution in [0.3, 0.4) is 0 Å². The van der Waals surface area contributed by atoms with Gasteiger partial charge >= 0.3 is 0 Å². The molecule has 0 aliphatic heterocycles. The van der Waals surface area contributed by atoms with Gasteiger partial charge in [0.2, 0.25) is 5.95 Å². The van der Waals surface area contributed by atoms with Crippen LogP contribution in [-0.2, 0) is 6.54 Å². The minimum atomic E-state index is -0.482. The molecule has 28 heavy (non-hydrogen) atoms. The average Bonchev–Trinajstić information content (AvgIpc) is 3.08. The fourth-order valence-electron chi connectivity index (χ4n) is 3.10. The van der Waals surface area contributed by atoms with Gasteiger partial charge in [-0.25, -0.2) is 15.0 Å². The molecule has 0 radical (unpaired) electrons. The zero-order chi connectivity index (χ0) is 19.7. The average molecular weight is 376 g/mol. The van der Waals surface area contributed by atoms with E-state index in [1.807, 2.05) is 6.92 Å². The second-order valence-electron chi connectivity index (χ2n) is 5.96. The Labute approximate surface area is 158 Å². The maximum Gasteiger partial charge on any atom is 0.273 e. The maximum atomic E-state index is 13.1. The van der Waals surface area contributed by atoms with E-state index < -0.39 is 11.1 Å². The number of hydrogen-bond donors (Lipinski definition) is 3. The van der Waals surface area contributed by atoms with Crippen molar-refractivity contribution in [2.45, 2.75) is 13.5 Å². The highest BCUT2D eigenvalue weighted by Gasteiger charge is 2.22. The van der Waals surface area contributed by atoms with Crippen LogP contribution >= 0.6 is 0 Å². The molecule has 0 saturated carbocycles. The molecule has 0 saturated heterocycles. The molecule has 1 aromatic carbocycles. The lowest BCUT2D eigenvalue weighted by molar-refractivity contribution is 0.481. The Hall–Kier alpha value is -4.01. The van der Waals surface area contributed by atoms with Crippen molar-refractivity contribution < 1.29 is 5.11 Å². The van der Waals surface area contributed by atoms with Gasteiger partial charge in [0.15, 0.2) is 0 Å². The minimum absolute atomic E-state index is 0.00525. The first-order valence-corrected chi connectivity index (χ1v) is 8.58. The van der Waals surface area contributed by atoms with Crippen LogP contribution in [-0.4, -0.2) is 36.1 Å². The largest absolute Gasteiger partial charge is 0.506 e. The number of para-hydroxylation sites is 1. The van der Waals surface area contributed by atoms with Crippen molar-refractivity contribution in [3.05, 3.63) is 69.0 Å². The number of aromatic amines is 2. The maximum absolute atomic E-state index is 13.1. The summed E-state index contributed by atoms with van der Waals surface area (Å²) >= 11 is 0. The standard InChI is InChI=1S/C19H16N6O3/c1-2-25-13-7-4-3-6-11(13)16(26)14(18(25)28)15-12(17(27)24-23-15)10-22-19-20-8-5-9-21-19/h3-10,26H,2H2,1H3,(H2,23,24,27)/b22-10+. The third-order valence-electron chi connectivity index (χ3n) is 4.39. The summed E-state index contributed by atoms with van der Waals surface area (Å²) in [6.07, 6.45) is 4.32. The fourth-order valence-corrected chi connectivity index (χ4v) is 3.10. The Morgan fingerprint density at radius 2 is 1.89 bits per heavy atom. The monoisotopic (exact) mass is 376 g/mol. The topological polar surface area (TPSA) is 129 Å². The van der Waals surface area contributed by atoms with E-state index in [0.29, 0.717) is 17.4 Å². The molecule has 0 fully saturated rings. The summed E-state index contributed by atoms with van der Waals surface area (Å²) in [4.78, 5) is 37.4. The van der Waals surface area contributed by atoms with E-state index in [2.05, 4.69) is 25.2 Å². The summed E-state index contributed by atoms with van der Waals surface area (Å²) in [7, 11) is 0. The molecule has 9 nitrogen and oxygen atoms in total. The third-order valence-corrected chi connectivity index (χ3v) is 4.39. The number of nitrogens with one attached hydrogen (secondary N) is 2. The van der Waals surface area contributed by atoms with Crippen molar-refractivity contribution in [3.63, 3.8) is 0 Å². The van der Waals surface area contributed by atoms with Gasteiger partial charge in [-0.15, -0.1) is 0 Å². The van der Waals surface area contributed by atoms with Crippen molar-refractivity contribution in [1.82, 2.24) is 24.7 Å². The number of aromatic nitrogens is 5.